The molecule has 0 radical (unpaired) electrons. The molecule has 6 heteroatoms. The first-order chi connectivity index (χ1) is 9.93. The Hall–Kier alpha value is -1.40. The molecule has 5 nitrogen and oxygen atoms in total. The van der Waals surface area contributed by atoms with Crippen molar-refractivity contribution in [3.63, 3.8) is 0 Å². The van der Waals surface area contributed by atoms with Crippen LogP contribution in [-0.4, -0.2) is 31.3 Å². The number of carboxylic acids is 1. The van der Waals surface area contributed by atoms with Crippen molar-refractivity contribution in [1.29, 1.82) is 0 Å². The lowest BCUT2D eigenvalue weighted by atomic mass is 10.0. The number of rotatable bonds is 10. The van der Waals surface area contributed by atoms with Crippen molar-refractivity contribution >= 4 is 16.0 Å². The van der Waals surface area contributed by atoms with E-state index in [-0.39, 0.29) is 24.6 Å². The lowest BCUT2D eigenvalue weighted by molar-refractivity contribution is -0.137. The molecule has 0 bridgehead atoms. The molecular weight excluding hydrogens is 290 g/mol. The van der Waals surface area contributed by atoms with Gasteiger partial charge in [0.15, 0.2) is 0 Å². The van der Waals surface area contributed by atoms with E-state index in [9.17, 15) is 13.2 Å². The average Bonchev–Trinajstić information content (AvgIpc) is 2.43. The molecule has 1 rings (SSSR count). The molecule has 1 unspecified atom stereocenters. The van der Waals surface area contributed by atoms with Gasteiger partial charge in [0.1, 0.15) is 0 Å². The summed E-state index contributed by atoms with van der Waals surface area (Å²) in [5.74, 6) is -0.831. The Balaban J connectivity index is 2.70. The van der Waals surface area contributed by atoms with Crippen molar-refractivity contribution in [3.05, 3.63) is 35.9 Å². The molecule has 0 aliphatic rings. The summed E-state index contributed by atoms with van der Waals surface area (Å²) in [6, 6.07) is 9.10. The third-order valence-electron chi connectivity index (χ3n) is 3.14. The molecule has 0 saturated heterocycles. The standard InChI is InChI=1S/C15H23NO4S/c1-2-3-11-21(19,20)16-14(9-10-15(17)18)12-13-7-5-4-6-8-13/h4-8,14,16H,2-3,9-12H2,1H3,(H,17,18). The third kappa shape index (κ3) is 7.82. The number of nitrogens with one attached hydrogen (secondary N) is 1. The summed E-state index contributed by atoms with van der Waals surface area (Å²) >= 11 is 0. The number of carboxylic acid groups (broad SMARTS) is 1. The van der Waals surface area contributed by atoms with Crippen LogP contribution >= 0.6 is 0 Å². The van der Waals surface area contributed by atoms with Crippen molar-refractivity contribution in [2.75, 3.05) is 5.75 Å². The zero-order valence-electron chi connectivity index (χ0n) is 12.3. The highest BCUT2D eigenvalue weighted by atomic mass is 32.2. The van der Waals surface area contributed by atoms with Gasteiger partial charge in [0, 0.05) is 12.5 Å². The van der Waals surface area contributed by atoms with Gasteiger partial charge >= 0.3 is 5.97 Å². The molecule has 0 aromatic heterocycles. The van der Waals surface area contributed by atoms with E-state index < -0.39 is 16.0 Å². The molecule has 0 amide bonds. The lowest BCUT2D eigenvalue weighted by Crippen LogP contribution is -2.38. The maximum atomic E-state index is 12.0. The Kier molecular flexibility index (Phi) is 7.39. The molecule has 1 aromatic carbocycles. The number of aliphatic carboxylic acids is 1. The number of sulfonamides is 1. The average molecular weight is 313 g/mol. The first-order valence-corrected chi connectivity index (χ1v) is 8.84. The van der Waals surface area contributed by atoms with E-state index in [1.807, 2.05) is 37.3 Å². The summed E-state index contributed by atoms with van der Waals surface area (Å²) in [4.78, 5) is 10.7. The van der Waals surface area contributed by atoms with Gasteiger partial charge in [0.2, 0.25) is 10.0 Å². The molecule has 0 fully saturated rings. The quantitative estimate of drug-likeness (QED) is 0.693. The highest BCUT2D eigenvalue weighted by molar-refractivity contribution is 7.89. The maximum absolute atomic E-state index is 12.0. The van der Waals surface area contributed by atoms with Gasteiger partial charge < -0.3 is 5.11 Å². The Morgan fingerprint density at radius 1 is 1.29 bits per heavy atom. The van der Waals surface area contributed by atoms with E-state index >= 15 is 0 Å². The first kappa shape index (κ1) is 17.7. The summed E-state index contributed by atoms with van der Waals surface area (Å²) in [5, 5.41) is 8.79. The predicted molar refractivity (Wildman–Crippen MR) is 82.6 cm³/mol. The molecule has 2 N–H and O–H groups in total. The van der Waals surface area contributed by atoms with Gasteiger partial charge in [-0.25, -0.2) is 13.1 Å². The zero-order valence-corrected chi connectivity index (χ0v) is 13.1. The third-order valence-corrected chi connectivity index (χ3v) is 4.66. The van der Waals surface area contributed by atoms with E-state index in [4.69, 9.17) is 5.11 Å². The van der Waals surface area contributed by atoms with Gasteiger partial charge in [0.05, 0.1) is 5.75 Å². The van der Waals surface area contributed by atoms with Crippen LogP contribution in [0, 0.1) is 0 Å². The van der Waals surface area contributed by atoms with E-state index in [2.05, 4.69) is 4.72 Å². The molecule has 1 atom stereocenters. The summed E-state index contributed by atoms with van der Waals surface area (Å²) < 4.78 is 26.6. The first-order valence-electron chi connectivity index (χ1n) is 7.18. The minimum atomic E-state index is -3.35. The molecule has 1 aromatic rings. The van der Waals surface area contributed by atoms with Crippen molar-refractivity contribution < 1.29 is 18.3 Å². The second-order valence-electron chi connectivity index (χ2n) is 5.11. The van der Waals surface area contributed by atoms with Crippen LogP contribution in [0.3, 0.4) is 0 Å². The SMILES string of the molecule is CCCCS(=O)(=O)NC(CCC(=O)O)Cc1ccccc1. The molecule has 0 aliphatic heterocycles. The zero-order chi connectivity index (χ0) is 15.7. The van der Waals surface area contributed by atoms with E-state index in [1.54, 1.807) is 0 Å². The van der Waals surface area contributed by atoms with Crippen LogP contribution < -0.4 is 4.72 Å². The Morgan fingerprint density at radius 2 is 1.95 bits per heavy atom. The van der Waals surface area contributed by atoms with Gasteiger partial charge in [-0.1, -0.05) is 43.7 Å². The Morgan fingerprint density at radius 3 is 2.52 bits per heavy atom. The van der Waals surface area contributed by atoms with Gasteiger partial charge in [-0.2, -0.15) is 0 Å². The number of carbonyl (C=O) groups is 1. The number of unbranched alkanes of at least 4 members (excludes halogenated alkanes) is 1. The van der Waals surface area contributed by atoms with Gasteiger partial charge in [0.25, 0.3) is 0 Å². The number of hydrogen-bond acceptors (Lipinski definition) is 3. The van der Waals surface area contributed by atoms with Crippen molar-refractivity contribution in [3.8, 4) is 0 Å². The van der Waals surface area contributed by atoms with Crippen LogP contribution in [0.15, 0.2) is 30.3 Å². The smallest absolute Gasteiger partial charge is 0.303 e. The van der Waals surface area contributed by atoms with Gasteiger partial charge in [-0.15, -0.1) is 0 Å². The minimum absolute atomic E-state index is 0.0478. The lowest BCUT2D eigenvalue weighted by Gasteiger charge is -2.18. The van der Waals surface area contributed by atoms with Gasteiger partial charge in [-0.3, -0.25) is 4.79 Å². The second-order valence-corrected chi connectivity index (χ2v) is 6.98. The van der Waals surface area contributed by atoms with Gasteiger partial charge in [-0.05, 0) is 24.8 Å². The molecule has 0 heterocycles. The predicted octanol–water partition coefficient (Wildman–Crippen LogP) is 2.18. The van der Waals surface area contributed by atoms with E-state index in [1.165, 1.54) is 0 Å². The van der Waals surface area contributed by atoms with Crippen LogP contribution in [0.25, 0.3) is 0 Å². The van der Waals surface area contributed by atoms with Crippen molar-refractivity contribution in [2.24, 2.45) is 0 Å². The summed E-state index contributed by atoms with van der Waals surface area (Å²) in [6.07, 6.45) is 2.15. The van der Waals surface area contributed by atoms with Crippen molar-refractivity contribution in [1.82, 2.24) is 4.72 Å². The topological polar surface area (TPSA) is 83.5 Å². The second kappa shape index (κ2) is 8.79. The molecule has 0 spiro atoms. The van der Waals surface area contributed by atoms with Crippen LogP contribution in [-0.2, 0) is 21.2 Å². The number of benzene rings is 1. The summed E-state index contributed by atoms with van der Waals surface area (Å²) in [7, 11) is -3.35. The summed E-state index contributed by atoms with van der Waals surface area (Å²) in [5.41, 5.74) is 0.992. The largest absolute Gasteiger partial charge is 0.481 e. The number of hydrogen-bond donors (Lipinski definition) is 2. The highest BCUT2D eigenvalue weighted by Crippen LogP contribution is 2.10. The van der Waals surface area contributed by atoms with E-state index in [0.29, 0.717) is 12.8 Å². The molecule has 118 valence electrons. The van der Waals surface area contributed by atoms with Crippen LogP contribution in [0.5, 0.6) is 0 Å². The molecular formula is C15H23NO4S. The van der Waals surface area contributed by atoms with Crippen LogP contribution in [0.1, 0.15) is 38.2 Å². The van der Waals surface area contributed by atoms with Crippen LogP contribution in [0.4, 0.5) is 0 Å². The molecule has 0 aliphatic carbocycles. The maximum Gasteiger partial charge on any atom is 0.303 e. The molecule has 21 heavy (non-hydrogen) atoms. The summed E-state index contributed by atoms with van der Waals surface area (Å²) in [6.45, 7) is 1.93. The van der Waals surface area contributed by atoms with E-state index in [0.717, 1.165) is 12.0 Å². The monoisotopic (exact) mass is 313 g/mol. The molecule has 0 saturated carbocycles. The Labute approximate surface area is 126 Å². The van der Waals surface area contributed by atoms with Crippen LogP contribution in [0.2, 0.25) is 0 Å². The fourth-order valence-electron chi connectivity index (χ4n) is 2.05. The van der Waals surface area contributed by atoms with Crippen molar-refractivity contribution in [2.45, 2.75) is 45.1 Å². The fourth-order valence-corrected chi connectivity index (χ4v) is 3.54. The fraction of sp³-hybridized carbons (Fsp3) is 0.533. The normalized spacial score (nSPS) is 13.0. The Bertz CT molecular complexity index is 528. The minimum Gasteiger partial charge on any atom is -0.481 e. The highest BCUT2D eigenvalue weighted by Gasteiger charge is 2.18.